The lowest BCUT2D eigenvalue weighted by Gasteiger charge is -2.38. The Morgan fingerprint density at radius 1 is 1.33 bits per heavy atom. The number of nitrogens with zero attached hydrogens (tertiary/aromatic N) is 5. The van der Waals surface area contributed by atoms with Crippen molar-refractivity contribution >= 4 is 27.1 Å². The molecule has 0 bridgehead atoms. The van der Waals surface area contributed by atoms with Crippen LogP contribution in [-0.4, -0.2) is 58.6 Å². The van der Waals surface area contributed by atoms with Crippen molar-refractivity contribution in [3.63, 3.8) is 0 Å². The largest absolute Gasteiger partial charge is 0.379 e. The Labute approximate surface area is 192 Å². The van der Waals surface area contributed by atoms with Gasteiger partial charge in [0.15, 0.2) is 0 Å². The Kier molecular flexibility index (Phi) is 6.05. The average Bonchev–Trinajstić information content (AvgIpc) is 3.23. The second-order valence-electron chi connectivity index (χ2n) is 8.23. The van der Waals surface area contributed by atoms with Gasteiger partial charge in [-0.15, -0.1) is 0 Å². The van der Waals surface area contributed by atoms with Gasteiger partial charge >= 0.3 is 0 Å². The van der Waals surface area contributed by atoms with E-state index >= 15 is 0 Å². The maximum Gasteiger partial charge on any atom is 0.252 e. The average molecular weight is 468 g/mol. The Morgan fingerprint density at radius 3 is 2.73 bits per heavy atom. The number of rotatable bonds is 6. The molecule has 3 aromatic rings. The van der Waals surface area contributed by atoms with Gasteiger partial charge in [0.05, 0.1) is 29.2 Å². The molecule has 172 valence electrons. The molecule has 33 heavy (non-hydrogen) atoms. The Hall–Kier alpha value is -3.49. The zero-order chi connectivity index (χ0) is 23.8. The second-order valence-corrected chi connectivity index (χ2v) is 10.2. The molecule has 2 atom stereocenters. The molecule has 0 spiro atoms. The van der Waals surface area contributed by atoms with E-state index in [0.29, 0.717) is 36.4 Å². The predicted octanol–water partition coefficient (Wildman–Crippen LogP) is 1.84. The molecule has 0 aliphatic carbocycles. The number of carbonyl (C=O) groups excluding carboxylic acids is 1. The van der Waals surface area contributed by atoms with Gasteiger partial charge in [-0.25, -0.2) is 22.2 Å². The van der Waals surface area contributed by atoms with Crippen molar-refractivity contribution in [3.8, 4) is 17.2 Å². The highest BCUT2D eigenvalue weighted by Gasteiger charge is 2.33. The van der Waals surface area contributed by atoms with E-state index in [1.807, 2.05) is 25.3 Å². The number of primary amides is 1. The van der Waals surface area contributed by atoms with E-state index in [2.05, 4.69) is 15.4 Å². The molecule has 1 aliphatic heterocycles. The van der Waals surface area contributed by atoms with Gasteiger partial charge in [0, 0.05) is 42.7 Å². The summed E-state index contributed by atoms with van der Waals surface area (Å²) in [7, 11) is -3.26. The summed E-state index contributed by atoms with van der Waals surface area (Å²) in [5, 5.41) is 16.8. The molecule has 1 amide bonds. The number of amides is 1. The van der Waals surface area contributed by atoms with Crippen molar-refractivity contribution in [2.45, 2.75) is 25.8 Å². The van der Waals surface area contributed by atoms with Crippen molar-refractivity contribution in [2.75, 3.05) is 24.7 Å². The van der Waals surface area contributed by atoms with Gasteiger partial charge < -0.3 is 11.1 Å². The van der Waals surface area contributed by atoms with Crippen LogP contribution in [0.3, 0.4) is 0 Å². The van der Waals surface area contributed by atoms with Crippen LogP contribution in [0.25, 0.3) is 16.6 Å². The van der Waals surface area contributed by atoms with Crippen LogP contribution in [0.15, 0.2) is 36.8 Å². The summed E-state index contributed by atoms with van der Waals surface area (Å²) >= 11 is 0. The fraction of sp³-hybridized carbons (Fsp3) is 0.364. The highest BCUT2D eigenvalue weighted by atomic mass is 32.2. The molecule has 10 nitrogen and oxygen atoms in total. The molecule has 0 radical (unpaired) electrons. The molecule has 1 saturated heterocycles. The second kappa shape index (κ2) is 8.80. The van der Waals surface area contributed by atoms with E-state index < -0.39 is 15.9 Å². The van der Waals surface area contributed by atoms with Gasteiger partial charge in [0.1, 0.15) is 11.8 Å². The van der Waals surface area contributed by atoms with E-state index in [4.69, 9.17) is 11.0 Å². The van der Waals surface area contributed by atoms with Crippen LogP contribution in [0.1, 0.15) is 35.8 Å². The lowest BCUT2D eigenvalue weighted by Crippen LogP contribution is -2.48. The number of hydrogen-bond acceptors (Lipinski definition) is 7. The van der Waals surface area contributed by atoms with Crippen molar-refractivity contribution < 1.29 is 13.2 Å². The topological polar surface area (TPSA) is 146 Å². The molecule has 3 N–H and O–H groups in total. The lowest BCUT2D eigenvalue weighted by molar-refractivity contribution is 0.100. The van der Waals surface area contributed by atoms with Crippen molar-refractivity contribution in [1.82, 2.24) is 18.9 Å². The molecular weight excluding hydrogens is 442 g/mol. The summed E-state index contributed by atoms with van der Waals surface area (Å²) in [4.78, 5) is 16.3. The molecule has 0 aromatic carbocycles. The number of nitrogens with two attached hydrogens (primary N) is 1. The Morgan fingerprint density at radius 2 is 2.12 bits per heavy atom. The highest BCUT2D eigenvalue weighted by molar-refractivity contribution is 7.88. The molecule has 4 heterocycles. The molecule has 4 rings (SSSR count). The van der Waals surface area contributed by atoms with Gasteiger partial charge in [-0.3, -0.25) is 4.79 Å². The van der Waals surface area contributed by atoms with Crippen LogP contribution in [0.2, 0.25) is 0 Å². The van der Waals surface area contributed by atoms with E-state index in [1.54, 1.807) is 22.8 Å². The van der Waals surface area contributed by atoms with Crippen molar-refractivity contribution in [3.05, 3.63) is 48.0 Å². The zero-order valence-corrected chi connectivity index (χ0v) is 19.2. The Balaban J connectivity index is 1.72. The molecule has 0 saturated carbocycles. The number of carbonyl (C=O) groups is 1. The minimum Gasteiger partial charge on any atom is -0.379 e. The summed E-state index contributed by atoms with van der Waals surface area (Å²) in [6, 6.07) is 7.29. The summed E-state index contributed by atoms with van der Waals surface area (Å²) in [6.45, 7) is 2.85. The number of sulfonamides is 1. The number of pyridine rings is 1. The van der Waals surface area contributed by atoms with Crippen LogP contribution in [0.4, 0.5) is 5.69 Å². The first-order chi connectivity index (χ1) is 15.7. The van der Waals surface area contributed by atoms with Crippen molar-refractivity contribution in [1.29, 1.82) is 5.26 Å². The molecule has 0 unspecified atom stereocenters. The summed E-state index contributed by atoms with van der Waals surface area (Å²) < 4.78 is 27.2. The van der Waals surface area contributed by atoms with Gasteiger partial charge in [-0.1, -0.05) is 13.3 Å². The van der Waals surface area contributed by atoms with E-state index in [-0.39, 0.29) is 17.5 Å². The van der Waals surface area contributed by atoms with E-state index in [1.165, 1.54) is 16.8 Å². The fourth-order valence-corrected chi connectivity index (χ4v) is 5.17. The maximum absolute atomic E-state index is 12.2. The minimum absolute atomic E-state index is 0.0350. The third-order valence-corrected chi connectivity index (χ3v) is 7.40. The van der Waals surface area contributed by atoms with Crippen molar-refractivity contribution in [2.24, 2.45) is 11.7 Å². The monoisotopic (exact) mass is 467 g/mol. The third kappa shape index (κ3) is 4.53. The number of fused-ring (bicyclic) bond motifs is 1. The van der Waals surface area contributed by atoms with E-state index in [9.17, 15) is 13.2 Å². The van der Waals surface area contributed by atoms with E-state index in [0.717, 1.165) is 17.5 Å². The van der Waals surface area contributed by atoms with Crippen LogP contribution < -0.4 is 11.1 Å². The first-order valence-electron chi connectivity index (χ1n) is 10.6. The number of nitriles is 1. The minimum atomic E-state index is -3.26. The zero-order valence-electron chi connectivity index (χ0n) is 18.4. The van der Waals surface area contributed by atoms with Gasteiger partial charge in [-0.05, 0) is 30.5 Å². The van der Waals surface area contributed by atoms with Crippen LogP contribution in [0.5, 0.6) is 0 Å². The SMILES string of the molecule is CC[C@@H]1CN(S(C)(=O)=O)CC[C@H]1Nc1c(C(N)=O)cnn2cc(-c3ccc(C#N)nc3)cc12. The normalized spacial score (nSPS) is 19.3. The molecular formula is C22H25N7O3S. The van der Waals surface area contributed by atoms with Crippen LogP contribution in [-0.2, 0) is 10.0 Å². The quantitative estimate of drug-likeness (QED) is 0.562. The summed E-state index contributed by atoms with van der Waals surface area (Å²) in [5.74, 6) is -0.531. The molecule has 11 heteroatoms. The summed E-state index contributed by atoms with van der Waals surface area (Å²) in [5.41, 5.74) is 9.11. The van der Waals surface area contributed by atoms with Gasteiger partial charge in [0.2, 0.25) is 10.0 Å². The molecule has 3 aromatic heterocycles. The van der Waals surface area contributed by atoms with Gasteiger partial charge in [-0.2, -0.15) is 10.4 Å². The smallest absolute Gasteiger partial charge is 0.252 e. The standard InChI is InChI=1S/C22H25N7O3S/c1-3-14-12-28(33(2,31)32)7-6-19(14)27-21-18(22(24)30)11-26-29-13-16(8-20(21)29)15-4-5-17(9-23)25-10-15/h4-5,8,10-11,13-14,19,27H,3,6-7,12H2,1-2H3,(H2,24,30)/t14-,19-/m1/s1. The fourth-order valence-electron chi connectivity index (χ4n) is 4.27. The highest BCUT2D eigenvalue weighted by Crippen LogP contribution is 2.32. The molecule has 1 fully saturated rings. The number of nitrogens with one attached hydrogen (secondary N) is 1. The van der Waals surface area contributed by atoms with Crippen LogP contribution in [0, 0.1) is 17.2 Å². The van der Waals surface area contributed by atoms with Crippen LogP contribution >= 0.6 is 0 Å². The lowest BCUT2D eigenvalue weighted by atomic mass is 9.90. The Bertz CT molecular complexity index is 1340. The molecule has 1 aliphatic rings. The maximum atomic E-state index is 12.2. The number of anilines is 1. The predicted molar refractivity (Wildman–Crippen MR) is 124 cm³/mol. The first-order valence-corrected chi connectivity index (χ1v) is 12.5. The first kappa shape index (κ1) is 22.7. The number of aromatic nitrogens is 3. The summed E-state index contributed by atoms with van der Waals surface area (Å²) in [6.07, 6.45) is 7.48. The number of piperidine rings is 1. The third-order valence-electron chi connectivity index (χ3n) is 6.13. The number of hydrogen-bond donors (Lipinski definition) is 2. The van der Waals surface area contributed by atoms with Gasteiger partial charge in [0.25, 0.3) is 5.91 Å².